The van der Waals surface area contributed by atoms with Crippen LogP contribution >= 0.6 is 0 Å². The first-order valence-electron chi connectivity index (χ1n) is 8.86. The van der Waals surface area contributed by atoms with E-state index in [0.29, 0.717) is 23.6 Å². The smallest absolute Gasteiger partial charge is 0.287 e. The van der Waals surface area contributed by atoms with E-state index in [-0.39, 0.29) is 24.1 Å². The zero-order chi connectivity index (χ0) is 18.9. The van der Waals surface area contributed by atoms with Crippen LogP contribution in [0.15, 0.2) is 40.8 Å². The summed E-state index contributed by atoms with van der Waals surface area (Å²) in [6.45, 7) is 9.24. The van der Waals surface area contributed by atoms with E-state index in [1.807, 2.05) is 0 Å². The topological polar surface area (TPSA) is 71.8 Å². The lowest BCUT2D eigenvalue weighted by Crippen LogP contribution is -2.34. The quantitative estimate of drug-likeness (QED) is 0.661. The van der Waals surface area contributed by atoms with Gasteiger partial charge in [0.2, 0.25) is 0 Å². The van der Waals surface area contributed by atoms with Crippen molar-refractivity contribution in [2.75, 3.05) is 26.2 Å². The molecule has 0 spiro atoms. The summed E-state index contributed by atoms with van der Waals surface area (Å²) in [4.78, 5) is 25.6. The zero-order valence-corrected chi connectivity index (χ0v) is 15.6. The maximum absolute atomic E-state index is 12.1. The van der Waals surface area contributed by atoms with Gasteiger partial charge in [0, 0.05) is 18.7 Å². The molecule has 1 aromatic carbocycles. The molecule has 0 radical (unpaired) electrons. The van der Waals surface area contributed by atoms with Gasteiger partial charge in [-0.05, 0) is 56.4 Å². The molecule has 0 fully saturated rings. The van der Waals surface area contributed by atoms with Crippen molar-refractivity contribution >= 4 is 11.7 Å². The number of hydrogen-bond donors (Lipinski definition) is 1. The summed E-state index contributed by atoms with van der Waals surface area (Å²) in [6.07, 6.45) is 0. The van der Waals surface area contributed by atoms with Gasteiger partial charge in [0.05, 0.1) is 0 Å². The number of ether oxygens (including phenoxy) is 1. The summed E-state index contributed by atoms with van der Waals surface area (Å²) in [6, 6.07) is 10.3. The van der Waals surface area contributed by atoms with Gasteiger partial charge in [0.25, 0.3) is 5.91 Å². The fourth-order valence-corrected chi connectivity index (χ4v) is 2.47. The van der Waals surface area contributed by atoms with Crippen molar-refractivity contribution in [3.05, 3.63) is 53.5 Å². The lowest BCUT2D eigenvalue weighted by Gasteiger charge is -2.17. The van der Waals surface area contributed by atoms with Crippen molar-refractivity contribution in [2.24, 2.45) is 0 Å². The molecule has 6 heteroatoms. The van der Waals surface area contributed by atoms with Gasteiger partial charge in [-0.25, -0.2) is 0 Å². The van der Waals surface area contributed by atoms with Crippen LogP contribution in [0.2, 0.25) is 0 Å². The third-order valence-corrected chi connectivity index (χ3v) is 4.14. The van der Waals surface area contributed by atoms with Gasteiger partial charge in [-0.1, -0.05) is 13.8 Å². The van der Waals surface area contributed by atoms with Gasteiger partial charge >= 0.3 is 0 Å². The Labute approximate surface area is 154 Å². The Bertz CT molecular complexity index is 718. The normalized spacial score (nSPS) is 10.8. The Balaban J connectivity index is 1.81. The molecular formula is C20H26N2O4. The maximum atomic E-state index is 12.1. The second kappa shape index (κ2) is 9.77. The highest BCUT2D eigenvalue weighted by atomic mass is 16.5. The van der Waals surface area contributed by atoms with E-state index in [4.69, 9.17) is 9.15 Å². The van der Waals surface area contributed by atoms with Crippen LogP contribution in [0, 0.1) is 0 Å². The Kier molecular flexibility index (Phi) is 7.41. The summed E-state index contributed by atoms with van der Waals surface area (Å²) in [5, 5.41) is 2.85. The second-order valence-corrected chi connectivity index (χ2v) is 5.92. The lowest BCUT2D eigenvalue weighted by atomic mass is 10.1. The van der Waals surface area contributed by atoms with Crippen molar-refractivity contribution in [1.82, 2.24) is 10.2 Å². The van der Waals surface area contributed by atoms with E-state index in [1.165, 1.54) is 6.92 Å². The molecule has 0 saturated heterocycles. The van der Waals surface area contributed by atoms with Gasteiger partial charge in [0.1, 0.15) is 18.1 Å². The van der Waals surface area contributed by atoms with Gasteiger partial charge in [-0.3, -0.25) is 9.59 Å². The van der Waals surface area contributed by atoms with Crippen molar-refractivity contribution in [3.8, 4) is 5.75 Å². The summed E-state index contributed by atoms with van der Waals surface area (Å²) in [5.41, 5.74) is 0.638. The van der Waals surface area contributed by atoms with E-state index in [9.17, 15) is 9.59 Å². The third-order valence-electron chi connectivity index (χ3n) is 4.14. The Morgan fingerprint density at radius 3 is 2.38 bits per heavy atom. The number of likely N-dealkylation sites (N-methyl/N-ethyl adjacent to an activating group) is 1. The predicted octanol–water partition coefficient (Wildman–Crippen LogP) is 3.13. The minimum atomic E-state index is -0.228. The van der Waals surface area contributed by atoms with E-state index in [2.05, 4.69) is 24.1 Å². The maximum Gasteiger partial charge on any atom is 0.287 e. The highest BCUT2D eigenvalue weighted by Gasteiger charge is 2.11. The van der Waals surface area contributed by atoms with Gasteiger partial charge in [-0.2, -0.15) is 0 Å². The largest absolute Gasteiger partial charge is 0.486 e. The van der Waals surface area contributed by atoms with Crippen LogP contribution in [0.3, 0.4) is 0 Å². The van der Waals surface area contributed by atoms with Crippen LogP contribution < -0.4 is 10.1 Å². The SMILES string of the molecule is CCN(CC)CCNC(=O)c1ccc(COc2ccc(C(C)=O)cc2)o1. The number of carbonyl (C=O) groups excluding carboxylic acids is 2. The number of Topliss-reactive ketones (excluding diaryl/α,β-unsaturated/α-hetero) is 1. The Morgan fingerprint density at radius 1 is 1.08 bits per heavy atom. The van der Waals surface area contributed by atoms with Gasteiger partial charge in [0.15, 0.2) is 11.5 Å². The molecule has 1 amide bonds. The molecule has 1 heterocycles. The first kappa shape index (κ1) is 19.7. The van der Waals surface area contributed by atoms with Crippen LogP contribution in [0.1, 0.15) is 47.4 Å². The molecule has 2 aromatic rings. The first-order valence-corrected chi connectivity index (χ1v) is 8.86. The molecule has 0 aliphatic heterocycles. The predicted molar refractivity (Wildman–Crippen MR) is 99.6 cm³/mol. The molecule has 1 aromatic heterocycles. The van der Waals surface area contributed by atoms with Crippen LogP contribution in [0.5, 0.6) is 5.75 Å². The number of carbonyl (C=O) groups is 2. The minimum absolute atomic E-state index is 0.0132. The molecule has 1 N–H and O–H groups in total. The minimum Gasteiger partial charge on any atom is -0.486 e. The highest BCUT2D eigenvalue weighted by Crippen LogP contribution is 2.16. The third kappa shape index (κ3) is 5.74. The van der Waals surface area contributed by atoms with Crippen LogP contribution in [-0.2, 0) is 6.61 Å². The molecule has 0 saturated carbocycles. The Morgan fingerprint density at radius 2 is 1.77 bits per heavy atom. The Hall–Kier alpha value is -2.60. The molecule has 2 rings (SSSR count). The van der Waals surface area contributed by atoms with Crippen molar-refractivity contribution in [2.45, 2.75) is 27.4 Å². The zero-order valence-electron chi connectivity index (χ0n) is 15.6. The summed E-state index contributed by atoms with van der Waals surface area (Å²) in [7, 11) is 0. The van der Waals surface area contributed by atoms with Crippen molar-refractivity contribution < 1.29 is 18.7 Å². The van der Waals surface area contributed by atoms with E-state index in [1.54, 1.807) is 36.4 Å². The number of furan rings is 1. The standard InChI is InChI=1S/C20H26N2O4/c1-4-22(5-2)13-12-21-20(24)19-11-10-18(26-19)14-25-17-8-6-16(7-9-17)15(3)23/h6-11H,4-5,12-14H2,1-3H3,(H,21,24). The first-order chi connectivity index (χ1) is 12.5. The highest BCUT2D eigenvalue weighted by molar-refractivity contribution is 5.94. The number of amides is 1. The molecule has 26 heavy (non-hydrogen) atoms. The number of nitrogens with zero attached hydrogens (tertiary/aromatic N) is 1. The summed E-state index contributed by atoms with van der Waals surface area (Å²) >= 11 is 0. The number of rotatable bonds is 10. The molecule has 0 aliphatic carbocycles. The molecule has 0 bridgehead atoms. The summed E-state index contributed by atoms with van der Waals surface area (Å²) < 4.78 is 11.2. The van der Waals surface area contributed by atoms with Crippen molar-refractivity contribution in [3.63, 3.8) is 0 Å². The number of nitrogens with one attached hydrogen (secondary N) is 1. The average molecular weight is 358 g/mol. The van der Waals surface area contributed by atoms with E-state index >= 15 is 0 Å². The fourth-order valence-electron chi connectivity index (χ4n) is 2.47. The number of ketones is 1. The fraction of sp³-hybridized carbons (Fsp3) is 0.400. The monoisotopic (exact) mass is 358 g/mol. The summed E-state index contributed by atoms with van der Waals surface area (Å²) in [5.74, 6) is 1.26. The van der Waals surface area contributed by atoms with E-state index < -0.39 is 0 Å². The van der Waals surface area contributed by atoms with Crippen molar-refractivity contribution in [1.29, 1.82) is 0 Å². The molecule has 140 valence electrons. The molecule has 6 nitrogen and oxygen atoms in total. The van der Waals surface area contributed by atoms with Crippen LogP contribution in [0.25, 0.3) is 0 Å². The second-order valence-electron chi connectivity index (χ2n) is 5.92. The molecule has 0 atom stereocenters. The number of benzene rings is 1. The molecule has 0 aliphatic rings. The van der Waals surface area contributed by atoms with Gasteiger partial charge < -0.3 is 19.4 Å². The van der Waals surface area contributed by atoms with Crippen LogP contribution in [-0.4, -0.2) is 42.8 Å². The van der Waals surface area contributed by atoms with Crippen LogP contribution in [0.4, 0.5) is 0 Å². The van der Waals surface area contributed by atoms with E-state index in [0.717, 1.165) is 19.6 Å². The average Bonchev–Trinajstić information content (AvgIpc) is 3.13. The number of hydrogen-bond acceptors (Lipinski definition) is 5. The molecular weight excluding hydrogens is 332 g/mol. The molecule has 0 unspecified atom stereocenters. The lowest BCUT2D eigenvalue weighted by molar-refractivity contribution is 0.0916. The van der Waals surface area contributed by atoms with Gasteiger partial charge in [-0.15, -0.1) is 0 Å².